The Hall–Kier alpha value is -3.17. The van der Waals surface area contributed by atoms with Crippen molar-refractivity contribution in [1.82, 2.24) is 20.0 Å². The van der Waals surface area contributed by atoms with Gasteiger partial charge in [-0.25, -0.2) is 14.5 Å². The normalized spacial score (nSPS) is 18.8. The van der Waals surface area contributed by atoms with Crippen LogP contribution in [0.5, 0.6) is 5.75 Å². The Morgan fingerprint density at radius 1 is 1.30 bits per heavy atom. The molecule has 1 aliphatic rings. The van der Waals surface area contributed by atoms with E-state index in [1.165, 1.54) is 4.68 Å². The van der Waals surface area contributed by atoms with Crippen LogP contribution in [0.3, 0.4) is 0 Å². The molecule has 0 unspecified atom stereocenters. The van der Waals surface area contributed by atoms with Gasteiger partial charge in [-0.3, -0.25) is 10.1 Å². The number of aromatic nitrogens is 4. The molecule has 0 spiro atoms. The molecule has 1 fully saturated rings. The van der Waals surface area contributed by atoms with Crippen molar-refractivity contribution in [3.8, 4) is 17.1 Å². The van der Waals surface area contributed by atoms with Gasteiger partial charge in [-0.15, -0.1) is 5.10 Å². The quantitative estimate of drug-likeness (QED) is 0.733. The van der Waals surface area contributed by atoms with Crippen LogP contribution in [-0.4, -0.2) is 49.4 Å². The van der Waals surface area contributed by atoms with Gasteiger partial charge >= 0.3 is 12.1 Å². The number of amides is 1. The lowest BCUT2D eigenvalue weighted by Gasteiger charge is -2.27. The number of nitrogens with one attached hydrogen (secondary N) is 1. The van der Waals surface area contributed by atoms with Crippen molar-refractivity contribution < 1.29 is 24.2 Å². The van der Waals surface area contributed by atoms with E-state index in [0.29, 0.717) is 41.5 Å². The first-order chi connectivity index (χ1) is 14.2. The second kappa shape index (κ2) is 9.10. The third-order valence-electron chi connectivity index (χ3n) is 4.94. The predicted molar refractivity (Wildman–Crippen MR) is 108 cm³/mol. The van der Waals surface area contributed by atoms with E-state index in [9.17, 15) is 14.7 Å². The highest BCUT2D eigenvalue weighted by Crippen LogP contribution is 2.31. The summed E-state index contributed by atoms with van der Waals surface area (Å²) >= 11 is 0. The number of aryl methyl sites for hydroxylation is 2. The molecule has 0 saturated heterocycles. The summed E-state index contributed by atoms with van der Waals surface area (Å²) < 4.78 is 12.6. The van der Waals surface area contributed by atoms with Crippen molar-refractivity contribution in [3.63, 3.8) is 0 Å². The van der Waals surface area contributed by atoms with Crippen molar-refractivity contribution in [2.75, 3.05) is 5.32 Å². The van der Waals surface area contributed by atoms with E-state index in [1.54, 1.807) is 33.0 Å². The fourth-order valence-corrected chi connectivity index (χ4v) is 3.47. The van der Waals surface area contributed by atoms with Crippen LogP contribution in [0, 0.1) is 12.8 Å². The molecule has 2 N–H and O–H groups in total. The number of carbonyl (C=O) groups is 2. The maximum absolute atomic E-state index is 12.0. The number of carbonyl (C=O) groups excluding carboxylic acids is 1. The highest BCUT2D eigenvalue weighted by atomic mass is 16.6. The zero-order valence-corrected chi connectivity index (χ0v) is 17.6. The number of carboxylic acid groups (broad SMARTS) is 1. The van der Waals surface area contributed by atoms with Gasteiger partial charge in [0.1, 0.15) is 5.75 Å². The summed E-state index contributed by atoms with van der Waals surface area (Å²) in [4.78, 5) is 27.8. The van der Waals surface area contributed by atoms with Crippen LogP contribution in [-0.2, 0) is 16.6 Å². The van der Waals surface area contributed by atoms with Crippen LogP contribution in [0.4, 0.5) is 10.6 Å². The fraction of sp³-hybridized carbons (Fsp3) is 0.550. The molecular formula is C20H27N5O5. The molecular weight excluding hydrogens is 390 g/mol. The van der Waals surface area contributed by atoms with Gasteiger partial charge in [-0.2, -0.15) is 0 Å². The first kappa shape index (κ1) is 21.5. The fourth-order valence-electron chi connectivity index (χ4n) is 3.47. The highest BCUT2D eigenvalue weighted by molar-refractivity contribution is 5.88. The van der Waals surface area contributed by atoms with E-state index in [2.05, 4.69) is 20.6 Å². The van der Waals surface area contributed by atoms with Crippen molar-refractivity contribution >= 4 is 17.9 Å². The summed E-state index contributed by atoms with van der Waals surface area (Å²) in [6.07, 6.45) is 1.82. The maximum atomic E-state index is 12.0. The van der Waals surface area contributed by atoms with Crippen LogP contribution < -0.4 is 10.1 Å². The van der Waals surface area contributed by atoms with Gasteiger partial charge < -0.3 is 14.6 Å². The molecule has 1 aliphatic carbocycles. The average Bonchev–Trinajstić information content (AvgIpc) is 3.03. The monoisotopic (exact) mass is 417 g/mol. The number of rotatable bonds is 6. The standard InChI is InChI=1S/C20H27N5O5/c1-11(2)29-20(28)22-18-17(23-24-25(18)4)15-8-9-16(12(3)21-15)30-14-7-5-6-13(10-14)19(26)27/h8-9,11,13-14H,5-7,10H2,1-4H3,(H,22,28)(H,26,27)/t13-,14-/m0/s1. The Morgan fingerprint density at radius 2 is 2.07 bits per heavy atom. The summed E-state index contributed by atoms with van der Waals surface area (Å²) in [7, 11) is 1.66. The minimum Gasteiger partial charge on any atom is -0.489 e. The SMILES string of the molecule is Cc1nc(-c2nnn(C)c2NC(=O)OC(C)C)ccc1O[C@H]1CCC[C@H](C(=O)O)C1. The zero-order chi connectivity index (χ0) is 21.8. The molecule has 2 aromatic heterocycles. The number of hydrogen-bond acceptors (Lipinski definition) is 7. The number of ether oxygens (including phenoxy) is 2. The van der Waals surface area contributed by atoms with Crippen molar-refractivity contribution in [1.29, 1.82) is 0 Å². The van der Waals surface area contributed by atoms with Gasteiger partial charge in [0, 0.05) is 7.05 Å². The van der Waals surface area contributed by atoms with Crippen LogP contribution in [0.15, 0.2) is 12.1 Å². The molecule has 2 aromatic rings. The summed E-state index contributed by atoms with van der Waals surface area (Å²) in [6.45, 7) is 5.33. The third-order valence-corrected chi connectivity index (χ3v) is 4.94. The smallest absolute Gasteiger partial charge is 0.413 e. The Morgan fingerprint density at radius 3 is 2.73 bits per heavy atom. The molecule has 0 bridgehead atoms. The molecule has 30 heavy (non-hydrogen) atoms. The topological polar surface area (TPSA) is 128 Å². The van der Waals surface area contributed by atoms with Crippen LogP contribution in [0.1, 0.15) is 45.2 Å². The van der Waals surface area contributed by atoms with Crippen molar-refractivity contribution in [3.05, 3.63) is 17.8 Å². The number of nitrogens with zero attached hydrogens (tertiary/aromatic N) is 4. The molecule has 10 heteroatoms. The number of hydrogen-bond donors (Lipinski definition) is 2. The van der Waals surface area contributed by atoms with Gasteiger partial charge in [0.2, 0.25) is 0 Å². The van der Waals surface area contributed by atoms with Gasteiger partial charge in [0.25, 0.3) is 0 Å². The molecule has 2 heterocycles. The summed E-state index contributed by atoms with van der Waals surface area (Å²) in [5.41, 5.74) is 1.59. The molecule has 2 atom stereocenters. The second-order valence-electron chi connectivity index (χ2n) is 7.71. The summed E-state index contributed by atoms with van der Waals surface area (Å²) in [5, 5.41) is 20.0. The van der Waals surface area contributed by atoms with Gasteiger partial charge in [0.05, 0.1) is 29.5 Å². The van der Waals surface area contributed by atoms with Gasteiger partial charge in [-0.05, 0) is 58.6 Å². The van der Waals surface area contributed by atoms with Crippen molar-refractivity contribution in [2.24, 2.45) is 13.0 Å². The Kier molecular flexibility index (Phi) is 6.53. The Labute approximate surface area is 174 Å². The number of pyridine rings is 1. The lowest BCUT2D eigenvalue weighted by Crippen LogP contribution is -2.29. The van der Waals surface area contributed by atoms with Gasteiger partial charge in [0.15, 0.2) is 11.5 Å². The second-order valence-corrected chi connectivity index (χ2v) is 7.71. The summed E-state index contributed by atoms with van der Waals surface area (Å²) in [5.74, 6) is -0.160. The predicted octanol–water partition coefficient (Wildman–Crippen LogP) is 3.16. The number of anilines is 1. The average molecular weight is 417 g/mol. The van der Waals surface area contributed by atoms with Crippen molar-refractivity contribution in [2.45, 2.75) is 58.7 Å². The molecule has 1 amide bonds. The van der Waals surface area contributed by atoms with Crippen LogP contribution in [0.2, 0.25) is 0 Å². The highest BCUT2D eigenvalue weighted by Gasteiger charge is 2.28. The summed E-state index contributed by atoms with van der Waals surface area (Å²) in [6, 6.07) is 3.52. The Balaban J connectivity index is 1.76. The molecule has 10 nitrogen and oxygen atoms in total. The van der Waals surface area contributed by atoms with E-state index in [1.807, 2.05) is 6.92 Å². The van der Waals surface area contributed by atoms with E-state index < -0.39 is 12.1 Å². The van der Waals surface area contributed by atoms with E-state index >= 15 is 0 Å². The third kappa shape index (κ3) is 5.05. The van der Waals surface area contributed by atoms with E-state index in [4.69, 9.17) is 9.47 Å². The number of aliphatic carboxylic acids is 1. The Bertz CT molecular complexity index is 926. The molecule has 1 saturated carbocycles. The first-order valence-electron chi connectivity index (χ1n) is 9.99. The molecule has 3 rings (SSSR count). The van der Waals surface area contributed by atoms with E-state index in [0.717, 1.165) is 12.8 Å². The zero-order valence-electron chi connectivity index (χ0n) is 17.6. The molecule has 162 valence electrons. The largest absolute Gasteiger partial charge is 0.489 e. The molecule has 0 aromatic carbocycles. The minimum absolute atomic E-state index is 0.147. The lowest BCUT2D eigenvalue weighted by molar-refractivity contribution is -0.143. The molecule has 0 radical (unpaired) electrons. The maximum Gasteiger partial charge on any atom is 0.413 e. The van der Waals surface area contributed by atoms with Gasteiger partial charge in [-0.1, -0.05) is 5.21 Å². The first-order valence-corrected chi connectivity index (χ1v) is 9.99. The lowest BCUT2D eigenvalue weighted by atomic mass is 9.87. The van der Waals surface area contributed by atoms with E-state index in [-0.39, 0.29) is 18.1 Å². The van der Waals surface area contributed by atoms with Crippen LogP contribution in [0.25, 0.3) is 11.4 Å². The minimum atomic E-state index is -0.771. The molecule has 0 aliphatic heterocycles. The van der Waals surface area contributed by atoms with Crippen LogP contribution >= 0.6 is 0 Å². The number of carboxylic acids is 1.